The Hall–Kier alpha value is -2.50. The van der Waals surface area contributed by atoms with Gasteiger partial charge in [-0.1, -0.05) is 17.7 Å². The second kappa shape index (κ2) is 7.73. The molecule has 0 saturated carbocycles. The van der Waals surface area contributed by atoms with E-state index in [-0.39, 0.29) is 24.2 Å². The average Bonchev–Trinajstić information content (AvgIpc) is 2.65. The molecule has 1 fully saturated rings. The Balaban J connectivity index is 1.46. The fraction of sp³-hybridized carbons (Fsp3) is 0.348. The first-order valence-electron chi connectivity index (χ1n) is 9.83. The predicted molar refractivity (Wildman–Crippen MR) is 117 cm³/mol. The predicted octanol–water partition coefficient (Wildman–Crippen LogP) is 4.49. The number of benzene rings is 2. The number of hydrogen-bond acceptors (Lipinski definition) is 4. The first-order valence-corrected chi connectivity index (χ1v) is 10.2. The summed E-state index contributed by atoms with van der Waals surface area (Å²) >= 11 is 6.20. The van der Waals surface area contributed by atoms with Crippen LogP contribution in [0.5, 0.6) is 0 Å². The molecule has 29 heavy (non-hydrogen) atoms. The summed E-state index contributed by atoms with van der Waals surface area (Å²) in [5.41, 5.74) is 6.11. The summed E-state index contributed by atoms with van der Waals surface area (Å²) in [5, 5.41) is 3.60. The number of fused-ring (bicyclic) bond motifs is 2. The highest BCUT2D eigenvalue weighted by Crippen LogP contribution is 2.37. The van der Waals surface area contributed by atoms with Gasteiger partial charge >= 0.3 is 0 Å². The van der Waals surface area contributed by atoms with Crippen LogP contribution in [-0.4, -0.2) is 41.9 Å². The summed E-state index contributed by atoms with van der Waals surface area (Å²) in [6.45, 7) is 7.39. The largest absolute Gasteiger partial charge is 0.325 e. The van der Waals surface area contributed by atoms with E-state index in [1.54, 1.807) is 12.1 Å². The van der Waals surface area contributed by atoms with Gasteiger partial charge in [-0.15, -0.1) is 0 Å². The maximum Gasteiger partial charge on any atom is 0.238 e. The van der Waals surface area contributed by atoms with Crippen LogP contribution in [0.15, 0.2) is 35.3 Å². The fourth-order valence-electron chi connectivity index (χ4n) is 4.21. The third kappa shape index (κ3) is 3.98. The number of anilines is 1. The molecule has 2 heterocycles. The number of nitrogens with zero attached hydrogens (tertiary/aromatic N) is 2. The van der Waals surface area contributed by atoms with E-state index in [1.807, 2.05) is 37.8 Å². The minimum absolute atomic E-state index is 0.0679. The van der Waals surface area contributed by atoms with E-state index in [0.29, 0.717) is 35.8 Å². The van der Waals surface area contributed by atoms with Crippen molar-refractivity contribution in [3.8, 4) is 0 Å². The van der Waals surface area contributed by atoms with Crippen molar-refractivity contribution in [2.45, 2.75) is 27.2 Å². The molecule has 0 spiro atoms. The molecule has 4 rings (SSSR count). The number of likely N-dealkylation sites (tertiary alicyclic amines) is 1. The van der Waals surface area contributed by atoms with Crippen LogP contribution >= 0.6 is 11.6 Å². The van der Waals surface area contributed by atoms with E-state index in [0.717, 1.165) is 28.1 Å². The highest BCUT2D eigenvalue weighted by Gasteiger charge is 2.36. The van der Waals surface area contributed by atoms with Crippen molar-refractivity contribution in [1.29, 1.82) is 0 Å². The minimum Gasteiger partial charge on any atom is -0.325 e. The summed E-state index contributed by atoms with van der Waals surface area (Å²) in [7, 11) is 0. The van der Waals surface area contributed by atoms with E-state index in [4.69, 9.17) is 16.6 Å². The SMILES string of the molecule is Cc1cc(C)cc(NC(=O)CN2CCC3=Nc4c(ccc(Cl)c4C)C(=O)C3C2)c1. The lowest BCUT2D eigenvalue weighted by Crippen LogP contribution is -2.47. The van der Waals surface area contributed by atoms with Gasteiger partial charge in [-0.05, 0) is 68.1 Å². The van der Waals surface area contributed by atoms with Gasteiger partial charge in [0.2, 0.25) is 5.91 Å². The van der Waals surface area contributed by atoms with Crippen LogP contribution in [0.25, 0.3) is 0 Å². The highest BCUT2D eigenvalue weighted by molar-refractivity contribution is 6.32. The molecule has 2 aliphatic heterocycles. The standard InChI is InChI=1S/C23H24ClN3O2/c1-13-8-14(2)10-16(9-13)25-21(28)12-27-7-6-20-18(11-27)23(29)17-4-5-19(24)15(3)22(17)26-20/h4-5,8-10,18H,6-7,11-12H2,1-3H3,(H,25,28). The summed E-state index contributed by atoms with van der Waals surface area (Å²) in [5.74, 6) is -0.281. The summed E-state index contributed by atoms with van der Waals surface area (Å²) in [6.07, 6.45) is 0.679. The van der Waals surface area contributed by atoms with Crippen molar-refractivity contribution >= 4 is 40.4 Å². The molecule has 6 heteroatoms. The monoisotopic (exact) mass is 409 g/mol. The van der Waals surface area contributed by atoms with Gasteiger partial charge in [0.1, 0.15) is 0 Å². The van der Waals surface area contributed by atoms with Gasteiger partial charge in [-0.3, -0.25) is 19.5 Å². The molecule has 0 radical (unpaired) electrons. The minimum atomic E-state index is -0.286. The summed E-state index contributed by atoms with van der Waals surface area (Å²) in [4.78, 5) is 32.4. The first kappa shape index (κ1) is 19.8. The first-order chi connectivity index (χ1) is 13.8. The third-order valence-electron chi connectivity index (χ3n) is 5.60. The van der Waals surface area contributed by atoms with Crippen molar-refractivity contribution in [1.82, 2.24) is 4.90 Å². The van der Waals surface area contributed by atoms with Crippen molar-refractivity contribution in [3.05, 3.63) is 57.6 Å². The quantitative estimate of drug-likeness (QED) is 0.812. The van der Waals surface area contributed by atoms with Gasteiger partial charge in [0.15, 0.2) is 5.78 Å². The topological polar surface area (TPSA) is 61.8 Å². The number of nitrogens with one attached hydrogen (secondary N) is 1. The number of hydrogen-bond donors (Lipinski definition) is 1. The lowest BCUT2D eigenvalue weighted by atomic mass is 9.84. The van der Waals surface area contributed by atoms with E-state index in [1.165, 1.54) is 0 Å². The lowest BCUT2D eigenvalue weighted by molar-refractivity contribution is -0.117. The third-order valence-corrected chi connectivity index (χ3v) is 6.01. The molecule has 0 aliphatic carbocycles. The van der Waals surface area contributed by atoms with Gasteiger partial charge in [-0.25, -0.2) is 0 Å². The smallest absolute Gasteiger partial charge is 0.238 e. The van der Waals surface area contributed by atoms with Crippen molar-refractivity contribution < 1.29 is 9.59 Å². The lowest BCUT2D eigenvalue weighted by Gasteiger charge is -2.35. The van der Waals surface area contributed by atoms with E-state index < -0.39 is 0 Å². The maximum atomic E-state index is 13.1. The number of Topliss-reactive ketones (excluding diaryl/α,β-unsaturated/α-hetero) is 1. The number of ketones is 1. The van der Waals surface area contributed by atoms with E-state index >= 15 is 0 Å². The second-order valence-corrected chi connectivity index (χ2v) is 8.41. The van der Waals surface area contributed by atoms with Crippen LogP contribution in [0.3, 0.4) is 0 Å². The van der Waals surface area contributed by atoms with Gasteiger partial charge in [0.25, 0.3) is 0 Å². The summed E-state index contributed by atoms with van der Waals surface area (Å²) < 4.78 is 0. The van der Waals surface area contributed by atoms with E-state index in [2.05, 4.69) is 11.4 Å². The zero-order valence-electron chi connectivity index (χ0n) is 16.9. The van der Waals surface area contributed by atoms with Gasteiger partial charge in [0, 0.05) is 35.1 Å². The zero-order valence-corrected chi connectivity index (χ0v) is 17.6. The van der Waals surface area contributed by atoms with Crippen LogP contribution in [-0.2, 0) is 4.79 Å². The molecular formula is C23H24ClN3O2. The van der Waals surface area contributed by atoms with Crippen molar-refractivity contribution in [2.75, 3.05) is 25.0 Å². The molecule has 0 aromatic heterocycles. The zero-order chi connectivity index (χ0) is 20.7. The van der Waals surface area contributed by atoms with Crippen LogP contribution in [0, 0.1) is 26.7 Å². The molecule has 2 aromatic carbocycles. The number of carbonyl (C=O) groups excluding carboxylic acids is 2. The average molecular weight is 410 g/mol. The second-order valence-electron chi connectivity index (χ2n) is 8.00. The Morgan fingerprint density at radius 2 is 1.93 bits per heavy atom. The number of aryl methyl sites for hydroxylation is 2. The molecule has 1 N–H and O–H groups in total. The number of halogens is 1. The number of piperidine rings is 1. The van der Waals surface area contributed by atoms with Crippen LogP contribution < -0.4 is 5.32 Å². The van der Waals surface area contributed by atoms with E-state index in [9.17, 15) is 9.59 Å². The van der Waals surface area contributed by atoms with Crippen LogP contribution in [0.2, 0.25) is 5.02 Å². The molecule has 1 unspecified atom stereocenters. The maximum absolute atomic E-state index is 13.1. The Morgan fingerprint density at radius 1 is 1.21 bits per heavy atom. The Morgan fingerprint density at radius 3 is 2.66 bits per heavy atom. The van der Waals surface area contributed by atoms with Gasteiger partial charge in [0.05, 0.1) is 18.2 Å². The molecule has 1 amide bonds. The molecule has 0 bridgehead atoms. The Bertz CT molecular complexity index is 1020. The van der Waals surface area contributed by atoms with Gasteiger partial charge in [-0.2, -0.15) is 0 Å². The van der Waals surface area contributed by atoms with Gasteiger partial charge < -0.3 is 5.32 Å². The molecule has 2 aromatic rings. The summed E-state index contributed by atoms with van der Waals surface area (Å²) in [6, 6.07) is 9.51. The van der Waals surface area contributed by atoms with Crippen molar-refractivity contribution in [3.63, 3.8) is 0 Å². The number of rotatable bonds is 3. The number of carbonyl (C=O) groups is 2. The number of aliphatic imine (C=N–C) groups is 1. The molecule has 150 valence electrons. The molecule has 2 aliphatic rings. The normalized spacial score (nSPS) is 18.7. The molecule has 1 saturated heterocycles. The molecule has 1 atom stereocenters. The molecular weight excluding hydrogens is 386 g/mol. The Kier molecular flexibility index (Phi) is 5.28. The fourth-order valence-corrected chi connectivity index (χ4v) is 4.37. The van der Waals surface area contributed by atoms with Crippen LogP contribution in [0.1, 0.15) is 33.5 Å². The van der Waals surface area contributed by atoms with Crippen LogP contribution in [0.4, 0.5) is 11.4 Å². The molecule has 5 nitrogen and oxygen atoms in total. The Labute approximate surface area is 175 Å². The van der Waals surface area contributed by atoms with Crippen molar-refractivity contribution in [2.24, 2.45) is 10.9 Å². The number of amides is 1. The highest BCUT2D eigenvalue weighted by atomic mass is 35.5.